The van der Waals surface area contributed by atoms with E-state index in [1.165, 1.54) is 0 Å². The number of nitrogens with one attached hydrogen (secondary N) is 1. The molecule has 0 saturated carbocycles. The number of halogens is 1. The Morgan fingerprint density at radius 1 is 1.08 bits per heavy atom. The van der Waals surface area contributed by atoms with Crippen molar-refractivity contribution in [2.24, 2.45) is 0 Å². The molecule has 1 heterocycles. The van der Waals surface area contributed by atoms with Crippen molar-refractivity contribution in [1.29, 1.82) is 0 Å². The first kappa shape index (κ1) is 18.3. The van der Waals surface area contributed by atoms with Crippen LogP contribution < -0.4 is 14.8 Å². The van der Waals surface area contributed by atoms with Gasteiger partial charge < -0.3 is 19.4 Å². The first-order valence-corrected chi connectivity index (χ1v) is 9.12. The standard InChI is InChI=1S/C20H21BrN2O3/c1-25-18-6-3-14(11-19(18)26-2)7-9-22-20(24)13-23-10-8-15-4-5-16(21)12-17(15)23/h3-6,8,10-12H,7,9,13H2,1-2H3,(H,22,24). The minimum Gasteiger partial charge on any atom is -0.493 e. The fraction of sp³-hybridized carbons (Fsp3) is 0.250. The Kier molecular flexibility index (Phi) is 5.83. The molecule has 2 aromatic carbocycles. The van der Waals surface area contributed by atoms with Crippen LogP contribution in [0.3, 0.4) is 0 Å². The Bertz CT molecular complexity index is 921. The van der Waals surface area contributed by atoms with Crippen molar-refractivity contribution in [3.05, 3.63) is 58.7 Å². The molecule has 0 spiro atoms. The number of hydrogen-bond donors (Lipinski definition) is 1. The number of ether oxygens (including phenoxy) is 2. The minimum atomic E-state index is -0.0112. The van der Waals surface area contributed by atoms with Crippen molar-refractivity contribution >= 4 is 32.7 Å². The summed E-state index contributed by atoms with van der Waals surface area (Å²) < 4.78 is 13.5. The quantitative estimate of drug-likeness (QED) is 0.637. The lowest BCUT2D eigenvalue weighted by molar-refractivity contribution is -0.121. The molecule has 1 N–H and O–H groups in total. The fourth-order valence-electron chi connectivity index (χ4n) is 2.89. The van der Waals surface area contributed by atoms with E-state index in [4.69, 9.17) is 9.47 Å². The highest BCUT2D eigenvalue weighted by atomic mass is 79.9. The maximum atomic E-state index is 12.3. The molecule has 0 atom stereocenters. The van der Waals surface area contributed by atoms with Crippen molar-refractivity contribution in [2.75, 3.05) is 20.8 Å². The van der Waals surface area contributed by atoms with E-state index in [0.29, 0.717) is 24.6 Å². The van der Waals surface area contributed by atoms with Crippen LogP contribution in [0, 0.1) is 0 Å². The molecule has 1 aromatic heterocycles. The molecule has 0 aliphatic rings. The third-order valence-electron chi connectivity index (χ3n) is 4.23. The molecule has 0 fully saturated rings. The van der Waals surface area contributed by atoms with Gasteiger partial charge in [-0.15, -0.1) is 0 Å². The molecular weight excluding hydrogens is 396 g/mol. The Labute approximate surface area is 161 Å². The molecule has 0 unspecified atom stereocenters. The Morgan fingerprint density at radius 2 is 1.88 bits per heavy atom. The van der Waals surface area contributed by atoms with Crippen LogP contribution in [0.4, 0.5) is 0 Å². The van der Waals surface area contributed by atoms with E-state index in [0.717, 1.165) is 27.4 Å². The zero-order valence-corrected chi connectivity index (χ0v) is 16.4. The van der Waals surface area contributed by atoms with E-state index in [2.05, 4.69) is 21.2 Å². The zero-order chi connectivity index (χ0) is 18.5. The van der Waals surface area contributed by atoms with Crippen LogP contribution in [0.2, 0.25) is 0 Å². The monoisotopic (exact) mass is 416 g/mol. The van der Waals surface area contributed by atoms with Crippen LogP contribution in [0.15, 0.2) is 53.1 Å². The molecule has 136 valence electrons. The lowest BCUT2D eigenvalue weighted by Crippen LogP contribution is -2.29. The smallest absolute Gasteiger partial charge is 0.239 e. The van der Waals surface area contributed by atoms with Crippen LogP contribution in [0.25, 0.3) is 10.9 Å². The number of benzene rings is 2. The van der Waals surface area contributed by atoms with E-state index in [-0.39, 0.29) is 5.91 Å². The molecule has 3 rings (SSSR count). The molecule has 1 amide bonds. The Morgan fingerprint density at radius 3 is 2.65 bits per heavy atom. The van der Waals surface area contributed by atoms with Crippen molar-refractivity contribution in [2.45, 2.75) is 13.0 Å². The lowest BCUT2D eigenvalue weighted by atomic mass is 10.1. The first-order valence-electron chi connectivity index (χ1n) is 8.32. The number of hydrogen-bond acceptors (Lipinski definition) is 3. The van der Waals surface area contributed by atoms with Gasteiger partial charge in [0.15, 0.2) is 11.5 Å². The van der Waals surface area contributed by atoms with Gasteiger partial charge in [-0.1, -0.05) is 28.1 Å². The van der Waals surface area contributed by atoms with Gasteiger partial charge in [-0.05, 0) is 47.7 Å². The summed E-state index contributed by atoms with van der Waals surface area (Å²) in [6.07, 6.45) is 2.66. The second-order valence-electron chi connectivity index (χ2n) is 5.94. The van der Waals surface area contributed by atoms with Gasteiger partial charge in [0.1, 0.15) is 6.54 Å². The van der Waals surface area contributed by atoms with Gasteiger partial charge in [-0.2, -0.15) is 0 Å². The number of amides is 1. The molecule has 0 radical (unpaired) electrons. The summed E-state index contributed by atoms with van der Waals surface area (Å²) in [5.74, 6) is 1.38. The molecule has 3 aromatic rings. The maximum Gasteiger partial charge on any atom is 0.239 e. The van der Waals surface area contributed by atoms with E-state index >= 15 is 0 Å². The summed E-state index contributed by atoms with van der Waals surface area (Å²) in [6, 6.07) is 13.8. The van der Waals surface area contributed by atoms with Crippen LogP contribution in [-0.4, -0.2) is 31.2 Å². The lowest BCUT2D eigenvalue weighted by Gasteiger charge is -2.10. The number of methoxy groups -OCH3 is 2. The normalized spacial score (nSPS) is 10.7. The minimum absolute atomic E-state index is 0.0112. The topological polar surface area (TPSA) is 52.5 Å². The van der Waals surface area contributed by atoms with E-state index in [1.807, 2.05) is 53.2 Å². The van der Waals surface area contributed by atoms with Crippen molar-refractivity contribution in [3.63, 3.8) is 0 Å². The number of rotatable bonds is 7. The van der Waals surface area contributed by atoms with Gasteiger partial charge in [-0.3, -0.25) is 4.79 Å². The highest BCUT2D eigenvalue weighted by Gasteiger charge is 2.08. The molecular formula is C20H21BrN2O3. The second kappa shape index (κ2) is 8.27. The molecule has 0 bridgehead atoms. The Hall–Kier alpha value is -2.47. The van der Waals surface area contributed by atoms with Crippen LogP contribution >= 0.6 is 15.9 Å². The molecule has 26 heavy (non-hydrogen) atoms. The van der Waals surface area contributed by atoms with Crippen LogP contribution in [0.5, 0.6) is 11.5 Å². The number of fused-ring (bicyclic) bond motifs is 1. The van der Waals surface area contributed by atoms with Crippen molar-refractivity contribution < 1.29 is 14.3 Å². The van der Waals surface area contributed by atoms with Gasteiger partial charge in [0.05, 0.1) is 14.2 Å². The van der Waals surface area contributed by atoms with Gasteiger partial charge in [-0.25, -0.2) is 0 Å². The van der Waals surface area contributed by atoms with E-state index < -0.39 is 0 Å². The third kappa shape index (κ3) is 4.19. The van der Waals surface area contributed by atoms with Crippen molar-refractivity contribution in [1.82, 2.24) is 9.88 Å². The summed E-state index contributed by atoms with van der Waals surface area (Å²) in [6.45, 7) is 0.864. The molecule has 6 heteroatoms. The summed E-state index contributed by atoms with van der Waals surface area (Å²) in [4.78, 5) is 12.3. The fourth-order valence-corrected chi connectivity index (χ4v) is 3.24. The van der Waals surface area contributed by atoms with E-state index in [9.17, 15) is 4.79 Å². The predicted octanol–water partition coefficient (Wildman–Crippen LogP) is 3.78. The Balaban J connectivity index is 1.56. The summed E-state index contributed by atoms with van der Waals surface area (Å²) in [5, 5.41) is 4.09. The van der Waals surface area contributed by atoms with Gasteiger partial charge in [0, 0.05) is 22.7 Å². The molecule has 0 saturated heterocycles. The molecule has 0 aliphatic heterocycles. The summed E-state index contributed by atoms with van der Waals surface area (Å²) in [5.41, 5.74) is 2.12. The third-order valence-corrected chi connectivity index (χ3v) is 4.73. The van der Waals surface area contributed by atoms with Gasteiger partial charge in [0.25, 0.3) is 0 Å². The number of nitrogens with zero attached hydrogens (tertiary/aromatic N) is 1. The number of carbonyl (C=O) groups is 1. The SMILES string of the molecule is COc1ccc(CCNC(=O)Cn2ccc3ccc(Br)cc32)cc1OC. The second-order valence-corrected chi connectivity index (χ2v) is 6.85. The summed E-state index contributed by atoms with van der Waals surface area (Å²) in [7, 11) is 3.23. The summed E-state index contributed by atoms with van der Waals surface area (Å²) >= 11 is 3.47. The van der Waals surface area contributed by atoms with Crippen molar-refractivity contribution in [3.8, 4) is 11.5 Å². The highest BCUT2D eigenvalue weighted by molar-refractivity contribution is 9.10. The predicted molar refractivity (Wildman–Crippen MR) is 106 cm³/mol. The van der Waals surface area contributed by atoms with Crippen LogP contribution in [0.1, 0.15) is 5.56 Å². The average molecular weight is 417 g/mol. The maximum absolute atomic E-state index is 12.3. The zero-order valence-electron chi connectivity index (χ0n) is 14.8. The van der Waals surface area contributed by atoms with Gasteiger partial charge in [0.2, 0.25) is 5.91 Å². The van der Waals surface area contributed by atoms with Crippen LogP contribution in [-0.2, 0) is 17.8 Å². The van der Waals surface area contributed by atoms with Gasteiger partial charge >= 0.3 is 0 Å². The highest BCUT2D eigenvalue weighted by Crippen LogP contribution is 2.27. The largest absolute Gasteiger partial charge is 0.493 e. The number of aromatic nitrogens is 1. The number of carbonyl (C=O) groups excluding carboxylic acids is 1. The van der Waals surface area contributed by atoms with E-state index in [1.54, 1.807) is 14.2 Å². The first-order chi connectivity index (χ1) is 12.6. The average Bonchev–Trinajstić information content (AvgIpc) is 3.03. The molecule has 0 aliphatic carbocycles. The molecule has 5 nitrogen and oxygen atoms in total.